The summed E-state index contributed by atoms with van der Waals surface area (Å²) < 4.78 is 1.09. The van der Waals surface area contributed by atoms with Gasteiger partial charge in [-0.05, 0) is 46.9 Å². The monoisotopic (exact) mass is 333 g/mol. The molecule has 1 amide bonds. The largest absolute Gasteiger partial charge is 0.325 e. The van der Waals surface area contributed by atoms with E-state index < -0.39 is 0 Å². The van der Waals surface area contributed by atoms with Crippen molar-refractivity contribution < 1.29 is 4.79 Å². The molecule has 1 saturated heterocycles. The fourth-order valence-electron chi connectivity index (χ4n) is 1.54. The molecule has 0 aromatic heterocycles. The lowest BCUT2D eigenvalue weighted by molar-refractivity contribution is -0.119. The van der Waals surface area contributed by atoms with E-state index in [1.54, 1.807) is 0 Å². The molecule has 0 aliphatic carbocycles. The molecule has 1 atom stereocenters. The molecule has 2 rings (SSSR count). The van der Waals surface area contributed by atoms with Crippen molar-refractivity contribution in [1.82, 2.24) is 0 Å². The van der Waals surface area contributed by atoms with Gasteiger partial charge in [0.15, 0.2) is 0 Å². The second-order valence-corrected chi connectivity index (χ2v) is 5.84. The van der Waals surface area contributed by atoms with Crippen LogP contribution >= 0.6 is 34.4 Å². The molecule has 0 saturated carbocycles. The number of thioether (sulfide) groups is 1. The highest BCUT2D eigenvalue weighted by molar-refractivity contribution is 14.1. The number of nitrogens with one attached hydrogen (secondary N) is 1. The maximum absolute atomic E-state index is 11.8. The van der Waals surface area contributed by atoms with Crippen LogP contribution in [-0.2, 0) is 4.79 Å². The van der Waals surface area contributed by atoms with Crippen molar-refractivity contribution in [2.45, 2.75) is 6.42 Å². The van der Waals surface area contributed by atoms with Gasteiger partial charge in [0, 0.05) is 15.2 Å². The first-order chi connectivity index (χ1) is 7.27. The van der Waals surface area contributed by atoms with Crippen molar-refractivity contribution in [1.29, 1.82) is 0 Å². The second kappa shape index (κ2) is 5.21. The van der Waals surface area contributed by atoms with E-state index in [0.29, 0.717) is 0 Å². The van der Waals surface area contributed by atoms with Gasteiger partial charge in [0.1, 0.15) is 0 Å². The van der Waals surface area contributed by atoms with Gasteiger partial charge in [-0.3, -0.25) is 4.79 Å². The number of halogens is 1. The van der Waals surface area contributed by atoms with Gasteiger partial charge in [-0.25, -0.2) is 0 Å². The van der Waals surface area contributed by atoms with Crippen LogP contribution in [0.15, 0.2) is 24.3 Å². The van der Waals surface area contributed by atoms with Gasteiger partial charge in [-0.2, -0.15) is 11.8 Å². The number of carbonyl (C=O) groups excluding carboxylic acids is 1. The Morgan fingerprint density at radius 3 is 2.93 bits per heavy atom. The molecule has 0 bridgehead atoms. The number of para-hydroxylation sites is 1. The van der Waals surface area contributed by atoms with Crippen molar-refractivity contribution >= 4 is 45.9 Å². The first-order valence-corrected chi connectivity index (χ1v) is 7.14. The van der Waals surface area contributed by atoms with Crippen LogP contribution in [0.1, 0.15) is 6.42 Å². The second-order valence-electron chi connectivity index (χ2n) is 3.53. The minimum absolute atomic E-state index is 0.170. The van der Waals surface area contributed by atoms with Crippen LogP contribution < -0.4 is 5.32 Å². The number of hydrogen-bond acceptors (Lipinski definition) is 2. The average Bonchev–Trinajstić information content (AvgIpc) is 2.74. The van der Waals surface area contributed by atoms with Crippen LogP contribution in [0.2, 0.25) is 0 Å². The van der Waals surface area contributed by atoms with E-state index >= 15 is 0 Å². The lowest BCUT2D eigenvalue weighted by atomic mass is 10.1. The maximum Gasteiger partial charge on any atom is 0.228 e. The first-order valence-electron chi connectivity index (χ1n) is 4.90. The van der Waals surface area contributed by atoms with E-state index in [9.17, 15) is 4.79 Å². The van der Waals surface area contributed by atoms with Gasteiger partial charge in [-0.1, -0.05) is 12.1 Å². The molecule has 1 aromatic rings. The molecule has 15 heavy (non-hydrogen) atoms. The Labute approximate surface area is 107 Å². The van der Waals surface area contributed by atoms with Crippen molar-refractivity contribution in [3.63, 3.8) is 0 Å². The number of carbonyl (C=O) groups is 1. The summed E-state index contributed by atoms with van der Waals surface area (Å²) in [6.45, 7) is 0. The average molecular weight is 333 g/mol. The van der Waals surface area contributed by atoms with E-state index in [1.165, 1.54) is 0 Å². The number of rotatable bonds is 2. The van der Waals surface area contributed by atoms with Crippen molar-refractivity contribution in [2.75, 3.05) is 16.8 Å². The summed E-state index contributed by atoms with van der Waals surface area (Å²) in [7, 11) is 0. The fraction of sp³-hybridized carbons (Fsp3) is 0.364. The fourth-order valence-corrected chi connectivity index (χ4v) is 3.28. The Morgan fingerprint density at radius 2 is 2.27 bits per heavy atom. The first kappa shape index (κ1) is 11.3. The number of amides is 1. The van der Waals surface area contributed by atoms with E-state index in [0.717, 1.165) is 27.2 Å². The maximum atomic E-state index is 11.8. The molecule has 1 N–H and O–H groups in total. The Bertz CT molecular complexity index is 363. The van der Waals surface area contributed by atoms with Gasteiger partial charge in [0.25, 0.3) is 0 Å². The summed E-state index contributed by atoms with van der Waals surface area (Å²) in [5.74, 6) is 2.45. The summed E-state index contributed by atoms with van der Waals surface area (Å²) in [6, 6.07) is 7.87. The molecule has 4 heteroatoms. The summed E-state index contributed by atoms with van der Waals surface area (Å²) in [5.41, 5.74) is 0.931. The minimum Gasteiger partial charge on any atom is -0.325 e. The summed E-state index contributed by atoms with van der Waals surface area (Å²) >= 11 is 4.10. The highest BCUT2D eigenvalue weighted by Crippen LogP contribution is 2.25. The van der Waals surface area contributed by atoms with E-state index in [2.05, 4.69) is 27.9 Å². The molecule has 1 aromatic carbocycles. The minimum atomic E-state index is 0.170. The van der Waals surface area contributed by atoms with Gasteiger partial charge in [0.2, 0.25) is 5.91 Å². The zero-order valence-corrected chi connectivity index (χ0v) is 11.2. The van der Waals surface area contributed by atoms with Gasteiger partial charge >= 0.3 is 0 Å². The van der Waals surface area contributed by atoms with Crippen LogP contribution in [0.25, 0.3) is 0 Å². The van der Waals surface area contributed by atoms with Crippen LogP contribution in [0.5, 0.6) is 0 Å². The quantitative estimate of drug-likeness (QED) is 0.843. The Hall–Kier alpha value is -0.230. The standard InChI is InChI=1S/C11H12INOS/c12-9-3-1-2-4-10(9)13-11(14)8-5-6-15-7-8/h1-4,8H,5-7H2,(H,13,14). The van der Waals surface area contributed by atoms with Crippen LogP contribution in [-0.4, -0.2) is 17.4 Å². The molecule has 80 valence electrons. The summed E-state index contributed by atoms with van der Waals surface area (Å²) in [5, 5.41) is 2.99. The lowest BCUT2D eigenvalue weighted by Crippen LogP contribution is -2.22. The molecule has 0 radical (unpaired) electrons. The molecular formula is C11H12INOS. The molecule has 1 aliphatic rings. The van der Waals surface area contributed by atoms with Crippen LogP contribution in [0.3, 0.4) is 0 Å². The third-order valence-electron chi connectivity index (χ3n) is 2.43. The predicted octanol–water partition coefficient (Wildman–Crippen LogP) is 2.98. The van der Waals surface area contributed by atoms with E-state index in [-0.39, 0.29) is 11.8 Å². The Balaban J connectivity index is 2.02. The van der Waals surface area contributed by atoms with Gasteiger partial charge in [-0.15, -0.1) is 0 Å². The van der Waals surface area contributed by atoms with E-state index in [1.807, 2.05) is 36.0 Å². The van der Waals surface area contributed by atoms with Crippen molar-refractivity contribution in [2.24, 2.45) is 5.92 Å². The molecule has 1 fully saturated rings. The SMILES string of the molecule is O=C(Nc1ccccc1I)C1CCSC1. The molecular weight excluding hydrogens is 321 g/mol. The Kier molecular flexibility index (Phi) is 3.91. The Morgan fingerprint density at radius 1 is 1.47 bits per heavy atom. The molecule has 1 aliphatic heterocycles. The van der Waals surface area contributed by atoms with Crippen LogP contribution in [0.4, 0.5) is 5.69 Å². The van der Waals surface area contributed by atoms with Gasteiger partial charge < -0.3 is 5.32 Å². The van der Waals surface area contributed by atoms with Crippen LogP contribution in [0, 0.1) is 9.49 Å². The predicted molar refractivity (Wildman–Crippen MR) is 73.2 cm³/mol. The molecule has 0 spiro atoms. The number of hydrogen-bond donors (Lipinski definition) is 1. The summed E-state index contributed by atoms with van der Waals surface area (Å²) in [4.78, 5) is 11.8. The zero-order valence-electron chi connectivity index (χ0n) is 8.20. The normalized spacial score (nSPS) is 20.2. The van der Waals surface area contributed by atoms with E-state index in [4.69, 9.17) is 0 Å². The van der Waals surface area contributed by atoms with Gasteiger partial charge in [0.05, 0.1) is 5.69 Å². The molecule has 1 heterocycles. The lowest BCUT2D eigenvalue weighted by Gasteiger charge is -2.10. The smallest absolute Gasteiger partial charge is 0.228 e. The topological polar surface area (TPSA) is 29.1 Å². The number of anilines is 1. The third-order valence-corrected chi connectivity index (χ3v) is 4.54. The highest BCUT2D eigenvalue weighted by atomic mass is 127. The third kappa shape index (κ3) is 2.87. The highest BCUT2D eigenvalue weighted by Gasteiger charge is 2.23. The molecule has 2 nitrogen and oxygen atoms in total. The molecule has 1 unspecified atom stereocenters. The van der Waals surface area contributed by atoms with Crippen molar-refractivity contribution in [3.8, 4) is 0 Å². The van der Waals surface area contributed by atoms with Crippen molar-refractivity contribution in [3.05, 3.63) is 27.8 Å². The summed E-state index contributed by atoms with van der Waals surface area (Å²) in [6.07, 6.45) is 1.01. The zero-order chi connectivity index (χ0) is 10.7. The number of benzene rings is 1.